The third-order valence-electron chi connectivity index (χ3n) is 1.17. The molecule has 0 aromatic rings. The number of nitriles is 1. The zero-order valence-electron chi connectivity index (χ0n) is 6.55. The summed E-state index contributed by atoms with van der Waals surface area (Å²) in [6.07, 6.45) is 3.24. The molecule has 0 aromatic carbocycles. The summed E-state index contributed by atoms with van der Waals surface area (Å²) >= 11 is 1.84. The van der Waals surface area contributed by atoms with Crippen LogP contribution in [0.25, 0.3) is 0 Å². The summed E-state index contributed by atoms with van der Waals surface area (Å²) in [5.74, 6) is 1.17. The Kier molecular flexibility index (Phi) is 6.78. The first-order chi connectivity index (χ1) is 4.81. The highest BCUT2D eigenvalue weighted by Gasteiger charge is 1.94. The molecule has 0 saturated carbocycles. The summed E-state index contributed by atoms with van der Waals surface area (Å²) in [5, 5.41) is 11.5. The van der Waals surface area contributed by atoms with Gasteiger partial charge in [-0.25, -0.2) is 0 Å². The molecule has 58 valence electrons. The largest absolute Gasteiger partial charge is 0.302 e. The van der Waals surface area contributed by atoms with Crippen LogP contribution in [0.3, 0.4) is 0 Å². The molecule has 0 saturated heterocycles. The maximum atomic E-state index is 8.37. The molecule has 0 amide bonds. The Hall–Kier alpha value is -0.200. The highest BCUT2D eigenvalue weighted by atomic mass is 32.2. The molecule has 0 spiro atoms. The van der Waals surface area contributed by atoms with Crippen LogP contribution in [-0.2, 0) is 0 Å². The minimum absolute atomic E-state index is 0.00172. The van der Waals surface area contributed by atoms with Crippen LogP contribution in [0.4, 0.5) is 0 Å². The third kappa shape index (κ3) is 5.93. The molecule has 0 bridgehead atoms. The average Bonchev–Trinajstić information content (AvgIpc) is 1.98. The molecular weight excluding hydrogens is 144 g/mol. The molecule has 0 rings (SSSR count). The fourth-order valence-electron chi connectivity index (χ4n) is 0.581. The Bertz CT molecular complexity index is 109. The number of hydrogen-bond donors (Lipinski definition) is 1. The van der Waals surface area contributed by atoms with Gasteiger partial charge in [-0.1, -0.05) is 0 Å². The van der Waals surface area contributed by atoms with E-state index in [1.165, 1.54) is 5.75 Å². The Morgan fingerprint density at radius 3 is 2.90 bits per heavy atom. The second-order valence-corrected chi connectivity index (χ2v) is 3.14. The van der Waals surface area contributed by atoms with Gasteiger partial charge in [0, 0.05) is 0 Å². The van der Waals surface area contributed by atoms with Crippen LogP contribution in [0, 0.1) is 11.3 Å². The molecule has 1 N–H and O–H groups in total. The molecule has 10 heavy (non-hydrogen) atoms. The predicted molar refractivity (Wildman–Crippen MR) is 46.1 cm³/mol. The van der Waals surface area contributed by atoms with Crippen molar-refractivity contribution in [1.82, 2.24) is 5.32 Å². The molecule has 0 aromatic heterocycles. The standard InChI is InChI=1S/C7H14N2S/c1-7(6-8)9-4-3-5-10-2/h7,9H,3-5H2,1-2H3. The van der Waals surface area contributed by atoms with E-state index in [1.54, 1.807) is 0 Å². The monoisotopic (exact) mass is 158 g/mol. The van der Waals surface area contributed by atoms with Crippen molar-refractivity contribution >= 4 is 11.8 Å². The zero-order valence-corrected chi connectivity index (χ0v) is 7.37. The minimum Gasteiger partial charge on any atom is -0.302 e. The Labute approximate surface area is 67.0 Å². The van der Waals surface area contributed by atoms with Crippen molar-refractivity contribution in [2.45, 2.75) is 19.4 Å². The maximum Gasteiger partial charge on any atom is 0.0924 e. The number of thioether (sulfide) groups is 1. The summed E-state index contributed by atoms with van der Waals surface area (Å²) in [6, 6.07) is 2.13. The van der Waals surface area contributed by atoms with Gasteiger partial charge in [0.25, 0.3) is 0 Å². The molecule has 0 aliphatic heterocycles. The molecule has 0 aliphatic carbocycles. The van der Waals surface area contributed by atoms with Crippen LogP contribution in [0.15, 0.2) is 0 Å². The zero-order chi connectivity index (χ0) is 7.82. The molecule has 0 radical (unpaired) electrons. The highest BCUT2D eigenvalue weighted by Crippen LogP contribution is 1.93. The van der Waals surface area contributed by atoms with E-state index in [-0.39, 0.29) is 6.04 Å². The second-order valence-electron chi connectivity index (χ2n) is 2.15. The minimum atomic E-state index is 0.00172. The van der Waals surface area contributed by atoms with Gasteiger partial charge in [0.1, 0.15) is 0 Å². The Morgan fingerprint density at radius 2 is 2.40 bits per heavy atom. The van der Waals surface area contributed by atoms with Crippen molar-refractivity contribution in [2.24, 2.45) is 0 Å². The van der Waals surface area contributed by atoms with E-state index in [0.29, 0.717) is 0 Å². The summed E-state index contributed by atoms with van der Waals surface area (Å²) in [6.45, 7) is 2.83. The van der Waals surface area contributed by atoms with Gasteiger partial charge < -0.3 is 5.32 Å². The van der Waals surface area contributed by atoms with Gasteiger partial charge in [0.05, 0.1) is 12.1 Å². The number of nitrogens with zero attached hydrogens (tertiary/aromatic N) is 1. The molecule has 3 heteroatoms. The lowest BCUT2D eigenvalue weighted by molar-refractivity contribution is 0.634. The van der Waals surface area contributed by atoms with Crippen LogP contribution >= 0.6 is 11.8 Å². The lowest BCUT2D eigenvalue weighted by Crippen LogP contribution is -2.25. The summed E-state index contributed by atoms with van der Waals surface area (Å²) in [7, 11) is 0. The summed E-state index contributed by atoms with van der Waals surface area (Å²) < 4.78 is 0. The first-order valence-corrected chi connectivity index (χ1v) is 4.82. The van der Waals surface area contributed by atoms with Gasteiger partial charge in [-0.3, -0.25) is 0 Å². The SMILES string of the molecule is CSCCCNC(C)C#N. The van der Waals surface area contributed by atoms with Crippen LogP contribution in [0.1, 0.15) is 13.3 Å². The van der Waals surface area contributed by atoms with Crippen molar-refractivity contribution in [3.8, 4) is 6.07 Å². The van der Waals surface area contributed by atoms with E-state index in [9.17, 15) is 0 Å². The lowest BCUT2D eigenvalue weighted by Gasteiger charge is -2.03. The smallest absolute Gasteiger partial charge is 0.0924 e. The molecule has 0 fully saturated rings. The number of rotatable bonds is 5. The van der Waals surface area contributed by atoms with Gasteiger partial charge in [-0.05, 0) is 31.9 Å². The predicted octanol–water partition coefficient (Wildman–Crippen LogP) is 1.24. The summed E-state index contributed by atoms with van der Waals surface area (Å²) in [5.41, 5.74) is 0. The van der Waals surface area contributed by atoms with Crippen LogP contribution in [0.5, 0.6) is 0 Å². The van der Waals surface area contributed by atoms with Crippen molar-refractivity contribution in [1.29, 1.82) is 5.26 Å². The Balaban J connectivity index is 2.98. The van der Waals surface area contributed by atoms with Gasteiger partial charge in [-0.2, -0.15) is 17.0 Å². The van der Waals surface area contributed by atoms with Gasteiger partial charge in [0.15, 0.2) is 0 Å². The number of nitrogens with one attached hydrogen (secondary N) is 1. The van der Waals surface area contributed by atoms with Crippen LogP contribution in [0.2, 0.25) is 0 Å². The topological polar surface area (TPSA) is 35.8 Å². The van der Waals surface area contributed by atoms with Crippen LogP contribution in [-0.4, -0.2) is 24.6 Å². The van der Waals surface area contributed by atoms with E-state index in [1.807, 2.05) is 18.7 Å². The van der Waals surface area contributed by atoms with E-state index in [0.717, 1.165) is 13.0 Å². The van der Waals surface area contributed by atoms with E-state index >= 15 is 0 Å². The molecular formula is C7H14N2S. The summed E-state index contributed by atoms with van der Waals surface area (Å²) in [4.78, 5) is 0. The van der Waals surface area contributed by atoms with Gasteiger partial charge >= 0.3 is 0 Å². The van der Waals surface area contributed by atoms with Crippen molar-refractivity contribution < 1.29 is 0 Å². The second kappa shape index (κ2) is 6.91. The third-order valence-corrected chi connectivity index (χ3v) is 1.87. The van der Waals surface area contributed by atoms with Crippen LogP contribution < -0.4 is 5.32 Å². The molecule has 2 nitrogen and oxygen atoms in total. The molecule has 0 aliphatic rings. The van der Waals surface area contributed by atoms with Crippen molar-refractivity contribution in [3.05, 3.63) is 0 Å². The van der Waals surface area contributed by atoms with E-state index < -0.39 is 0 Å². The molecule has 0 heterocycles. The Morgan fingerprint density at radius 1 is 1.70 bits per heavy atom. The van der Waals surface area contributed by atoms with E-state index in [2.05, 4.69) is 17.6 Å². The van der Waals surface area contributed by atoms with Crippen molar-refractivity contribution in [2.75, 3.05) is 18.6 Å². The average molecular weight is 158 g/mol. The maximum absolute atomic E-state index is 8.37. The molecule has 1 unspecified atom stereocenters. The first kappa shape index (κ1) is 9.80. The van der Waals surface area contributed by atoms with E-state index in [4.69, 9.17) is 5.26 Å². The normalized spacial score (nSPS) is 12.5. The highest BCUT2D eigenvalue weighted by molar-refractivity contribution is 7.98. The molecule has 1 atom stereocenters. The lowest BCUT2D eigenvalue weighted by atomic mass is 10.3. The quantitative estimate of drug-likeness (QED) is 0.611. The fraction of sp³-hybridized carbons (Fsp3) is 0.857. The van der Waals surface area contributed by atoms with Gasteiger partial charge in [-0.15, -0.1) is 0 Å². The van der Waals surface area contributed by atoms with Crippen molar-refractivity contribution in [3.63, 3.8) is 0 Å². The first-order valence-electron chi connectivity index (χ1n) is 3.43. The number of hydrogen-bond acceptors (Lipinski definition) is 3. The van der Waals surface area contributed by atoms with Gasteiger partial charge in [0.2, 0.25) is 0 Å². The fourth-order valence-corrected chi connectivity index (χ4v) is 1.01.